The van der Waals surface area contributed by atoms with E-state index in [1.807, 2.05) is 0 Å². The fraction of sp³-hybridized carbons (Fsp3) is 0.327. The Labute approximate surface area is 462 Å². The summed E-state index contributed by atoms with van der Waals surface area (Å²) < 4.78 is 98.8. The highest BCUT2D eigenvalue weighted by molar-refractivity contribution is 7.86. The normalized spacial score (nSPS) is 15.2. The molecule has 3 atom stereocenters. The second-order valence-electron chi connectivity index (χ2n) is 17.2. The zero-order valence-electron chi connectivity index (χ0n) is 41.0. The van der Waals surface area contributed by atoms with Crippen LogP contribution in [0.15, 0.2) is 110 Å². The fourth-order valence-corrected chi connectivity index (χ4v) is 10.5. The van der Waals surface area contributed by atoms with E-state index in [2.05, 4.69) is 37.6 Å². The molecule has 0 spiro atoms. The maximum absolute atomic E-state index is 14.3. The Morgan fingerprint density at radius 2 is 1.43 bits per heavy atom. The second kappa shape index (κ2) is 27.0. The van der Waals surface area contributed by atoms with Crippen molar-refractivity contribution in [3.8, 4) is 23.0 Å². The predicted molar refractivity (Wildman–Crippen MR) is 293 cm³/mol. The summed E-state index contributed by atoms with van der Waals surface area (Å²) in [6.45, 7) is 3.92. The minimum atomic E-state index is -5.02. The number of amidine groups is 1. The molecular weight excluding hydrogens is 1130 g/mol. The highest BCUT2D eigenvalue weighted by Gasteiger charge is 2.41. The quantitative estimate of drug-likeness (QED) is 0.0171. The summed E-state index contributed by atoms with van der Waals surface area (Å²) in [5.41, 5.74) is 3.77. The molecule has 3 unspecified atom stereocenters. The van der Waals surface area contributed by atoms with Crippen molar-refractivity contribution < 1.29 is 58.5 Å². The van der Waals surface area contributed by atoms with Gasteiger partial charge in [-0.05, 0) is 98.1 Å². The molecule has 1 saturated heterocycles. The Morgan fingerprint density at radius 3 is 2.04 bits per heavy atom. The van der Waals surface area contributed by atoms with Crippen molar-refractivity contribution >= 4 is 124 Å². The number of methoxy groups -OCH3 is 1. The lowest BCUT2D eigenvalue weighted by Crippen LogP contribution is -2.36. The molecule has 0 aromatic heterocycles. The molecule has 408 valence electrons. The molecule has 0 aliphatic carbocycles. The van der Waals surface area contributed by atoms with Gasteiger partial charge in [-0.2, -0.15) is 31.3 Å². The monoisotopic (exact) mass is 1180 g/mol. The first-order chi connectivity index (χ1) is 36.0. The van der Waals surface area contributed by atoms with Gasteiger partial charge in [0.2, 0.25) is 6.04 Å². The molecule has 2 amide bonds. The number of ether oxygens (including phenoxy) is 2. The zero-order valence-corrected chi connectivity index (χ0v) is 46.4. The highest BCUT2D eigenvalue weighted by atomic mass is 35.5. The number of phenolic OH excluding ortho intramolecular Hbond substituents is 1. The molecule has 0 radical (unpaired) electrons. The van der Waals surface area contributed by atoms with Gasteiger partial charge in [-0.3, -0.25) is 28.8 Å². The number of amides is 2. The van der Waals surface area contributed by atoms with Crippen molar-refractivity contribution in [2.75, 3.05) is 22.2 Å². The van der Waals surface area contributed by atoms with Crippen LogP contribution in [0, 0.1) is 6.92 Å². The number of halogens is 4. The number of hydrazine groups is 1. The summed E-state index contributed by atoms with van der Waals surface area (Å²) in [5.74, 6) is -1.46. The van der Waals surface area contributed by atoms with Crippen LogP contribution in [0.25, 0.3) is 0 Å². The van der Waals surface area contributed by atoms with Gasteiger partial charge in [-0.25, -0.2) is 10.0 Å². The SMILES string of the molecule is CCCCCCCCCCCCC(Oc1ccc(O)c(C)c1)C(=O)Nc1ccc(Cl)c(N=C2NN(c3c(Cl)cc(Cl)cc3Cl)C(=O)C2N=Nc2ccc(OC)c(NS(=O)Oc3cc(S(=O)(=O)O)cc(S(=O)(=O)O)c3)c2)c1. The number of aliphatic imine (C=N–C) groups is 1. The van der Waals surface area contributed by atoms with Crippen LogP contribution in [0.3, 0.4) is 0 Å². The zero-order chi connectivity index (χ0) is 55.3. The number of anilines is 3. The summed E-state index contributed by atoms with van der Waals surface area (Å²) in [7, 11) is -8.76. The smallest absolute Gasteiger partial charge is 0.316 e. The molecule has 1 aliphatic heterocycles. The van der Waals surface area contributed by atoms with E-state index in [1.165, 1.54) is 87.7 Å². The number of nitrogens with zero attached hydrogens (tertiary/aromatic N) is 4. The third kappa shape index (κ3) is 16.6. The predicted octanol–water partition coefficient (Wildman–Crippen LogP) is 12.3. The lowest BCUT2D eigenvalue weighted by molar-refractivity contribution is -0.123. The third-order valence-electron chi connectivity index (χ3n) is 11.4. The number of azo groups is 1. The molecule has 0 bridgehead atoms. The Kier molecular flexibility index (Phi) is 21.1. The van der Waals surface area contributed by atoms with Crippen LogP contribution in [0.5, 0.6) is 23.0 Å². The van der Waals surface area contributed by atoms with Gasteiger partial charge < -0.3 is 24.1 Å². The van der Waals surface area contributed by atoms with Crippen LogP contribution < -0.4 is 34.1 Å². The van der Waals surface area contributed by atoms with Gasteiger partial charge in [-0.15, -0.1) is 0 Å². The van der Waals surface area contributed by atoms with E-state index in [0.29, 0.717) is 35.9 Å². The summed E-state index contributed by atoms with van der Waals surface area (Å²) in [4.78, 5) is 31.0. The Balaban J connectivity index is 1.26. The molecule has 27 heteroatoms. The van der Waals surface area contributed by atoms with Crippen molar-refractivity contribution in [2.45, 2.75) is 106 Å². The van der Waals surface area contributed by atoms with Crippen molar-refractivity contribution in [2.24, 2.45) is 15.2 Å². The first-order valence-corrected chi connectivity index (χ1v) is 29.0. The molecule has 0 saturated carbocycles. The number of benzene rings is 5. The number of aromatic hydroxyl groups is 1. The average molecular weight is 1190 g/mol. The van der Waals surface area contributed by atoms with Crippen LogP contribution in [-0.2, 0) is 41.1 Å². The first-order valence-electron chi connectivity index (χ1n) is 23.5. The van der Waals surface area contributed by atoms with Crippen LogP contribution in [-0.4, -0.2) is 72.2 Å². The van der Waals surface area contributed by atoms with Crippen molar-refractivity contribution in [1.29, 1.82) is 0 Å². The maximum Gasteiger partial charge on any atom is 0.316 e. The molecule has 1 aliphatic rings. The van der Waals surface area contributed by atoms with Gasteiger partial charge in [0, 0.05) is 22.8 Å². The average Bonchev–Trinajstić information content (AvgIpc) is 3.65. The second-order valence-corrected chi connectivity index (χ2v) is 22.5. The molecule has 5 aromatic carbocycles. The summed E-state index contributed by atoms with van der Waals surface area (Å²) >= 11 is 23.4. The minimum absolute atomic E-state index is 0.00300. The van der Waals surface area contributed by atoms with Crippen LogP contribution >= 0.6 is 46.4 Å². The van der Waals surface area contributed by atoms with Crippen molar-refractivity contribution in [3.63, 3.8) is 0 Å². The molecule has 1 heterocycles. The van der Waals surface area contributed by atoms with E-state index in [0.717, 1.165) is 37.1 Å². The minimum Gasteiger partial charge on any atom is -0.508 e. The van der Waals surface area contributed by atoms with E-state index in [9.17, 15) is 44.8 Å². The van der Waals surface area contributed by atoms with E-state index in [-0.39, 0.29) is 65.9 Å². The number of hydrogen-bond donors (Lipinski definition) is 6. The first kappa shape index (κ1) is 59.5. The molecule has 76 heavy (non-hydrogen) atoms. The molecule has 6 N–H and O–H groups in total. The number of rotatable bonds is 26. The Morgan fingerprint density at radius 1 is 0.803 bits per heavy atom. The van der Waals surface area contributed by atoms with Crippen LogP contribution in [0.1, 0.15) is 83.1 Å². The number of carbonyl (C=O) groups excluding carboxylic acids is 2. The van der Waals surface area contributed by atoms with Crippen LogP contribution in [0.4, 0.5) is 28.4 Å². The Hall–Kier alpha value is -5.76. The number of hydrogen-bond acceptors (Lipinski definition) is 14. The molecule has 1 fully saturated rings. The Bertz CT molecular complexity index is 3190. The fourth-order valence-electron chi connectivity index (χ4n) is 7.58. The third-order valence-corrected chi connectivity index (χ3v) is 15.0. The van der Waals surface area contributed by atoms with E-state index in [4.69, 9.17) is 60.1 Å². The standard InChI is InChI=1S/C49H53Cl4N7O13S3/c1-4-5-6-7-8-9-10-11-12-13-14-44(72-33-17-19-42(61)29(2)21-33)48(62)54-31-15-18-37(51)40(24-31)55-47-45(49(63)60(58-47)46-38(52)22-30(50)23-39(46)53)57-56-32-16-20-43(71-3)41(25-32)59-74(64)73-34-26-35(75(65,66)67)28-36(27-34)76(68,69)70/h15-28,44-45,59,61H,4-14H2,1-3H3,(H,54,62)(H,55,58)(H,65,66,67)(H,68,69,70). The topological polar surface area (TPSA) is 284 Å². The summed E-state index contributed by atoms with van der Waals surface area (Å²) in [6, 6.07) is 16.3. The van der Waals surface area contributed by atoms with Gasteiger partial charge in [0.05, 0.1) is 49.0 Å². The largest absolute Gasteiger partial charge is 0.508 e. The number of nitrogens with one attached hydrogen (secondary N) is 3. The lowest BCUT2D eigenvalue weighted by atomic mass is 10.0. The van der Waals surface area contributed by atoms with Crippen molar-refractivity contribution in [1.82, 2.24) is 5.43 Å². The van der Waals surface area contributed by atoms with Gasteiger partial charge >= 0.3 is 11.3 Å². The molecule has 5 aromatic rings. The number of phenols is 1. The van der Waals surface area contributed by atoms with E-state index >= 15 is 0 Å². The maximum atomic E-state index is 14.3. The van der Waals surface area contributed by atoms with Gasteiger partial charge in [0.15, 0.2) is 11.9 Å². The summed E-state index contributed by atoms with van der Waals surface area (Å²) in [5, 5.41) is 22.8. The summed E-state index contributed by atoms with van der Waals surface area (Å²) in [6.07, 6.45) is 10.6. The molecule has 20 nitrogen and oxygen atoms in total. The van der Waals surface area contributed by atoms with Gasteiger partial charge in [0.25, 0.3) is 32.1 Å². The van der Waals surface area contributed by atoms with Gasteiger partial charge in [0.1, 0.15) is 28.7 Å². The van der Waals surface area contributed by atoms with Crippen LogP contribution in [0.2, 0.25) is 20.1 Å². The highest BCUT2D eigenvalue weighted by Crippen LogP contribution is 2.39. The number of aryl methyl sites for hydroxylation is 1. The number of carbonyl (C=O) groups is 2. The van der Waals surface area contributed by atoms with E-state index < -0.39 is 71.0 Å². The number of unbranched alkanes of at least 4 members (excludes halogenated alkanes) is 9. The molecular formula is C49H53Cl4N7O13S3. The lowest BCUT2D eigenvalue weighted by Gasteiger charge is -2.20. The van der Waals surface area contributed by atoms with E-state index in [1.54, 1.807) is 25.1 Å². The van der Waals surface area contributed by atoms with Crippen molar-refractivity contribution in [3.05, 3.63) is 111 Å². The molecule has 6 rings (SSSR count). The van der Waals surface area contributed by atoms with Gasteiger partial charge in [-0.1, -0.05) is 111 Å².